The molecule has 3 nitrogen and oxygen atoms in total. The Hall–Kier alpha value is -1.06. The predicted octanol–water partition coefficient (Wildman–Crippen LogP) is 3.86. The molecule has 0 radical (unpaired) electrons. The largest absolute Gasteiger partial charge is 0.491 e. The van der Waals surface area contributed by atoms with Gasteiger partial charge in [0.05, 0.1) is 18.3 Å². The molecule has 1 heterocycles. The van der Waals surface area contributed by atoms with Crippen LogP contribution in [0.5, 0.6) is 5.75 Å². The second kappa shape index (κ2) is 7.65. The van der Waals surface area contributed by atoms with Gasteiger partial charge in [0.1, 0.15) is 5.75 Å². The highest BCUT2D eigenvalue weighted by Gasteiger charge is 2.16. The van der Waals surface area contributed by atoms with Crippen molar-refractivity contribution in [3.8, 4) is 5.75 Å². The number of hydrogen-bond acceptors (Lipinski definition) is 3. The molecule has 0 aromatic heterocycles. The summed E-state index contributed by atoms with van der Waals surface area (Å²) in [6.45, 7) is 4.88. The fourth-order valence-electron chi connectivity index (χ4n) is 2.61. The van der Waals surface area contributed by atoms with Gasteiger partial charge in [0, 0.05) is 6.61 Å². The zero-order chi connectivity index (χ0) is 14.4. The lowest BCUT2D eigenvalue weighted by Crippen LogP contribution is -2.19. The van der Waals surface area contributed by atoms with Crippen LogP contribution in [0.2, 0.25) is 0 Å². The van der Waals surface area contributed by atoms with Crippen molar-refractivity contribution in [1.82, 2.24) is 0 Å². The maximum absolute atomic E-state index is 10.3. The van der Waals surface area contributed by atoms with Gasteiger partial charge in [0.2, 0.25) is 0 Å². The molecule has 1 saturated heterocycles. The average Bonchev–Trinajstić information content (AvgIpc) is 2.45. The molecule has 0 spiro atoms. The molecule has 1 aliphatic heterocycles. The molecule has 2 rings (SSSR count). The van der Waals surface area contributed by atoms with E-state index in [2.05, 4.69) is 0 Å². The normalized spacial score (nSPS) is 20.9. The van der Waals surface area contributed by atoms with Gasteiger partial charge >= 0.3 is 0 Å². The van der Waals surface area contributed by atoms with E-state index in [0.717, 1.165) is 37.2 Å². The first-order valence-electron chi connectivity index (χ1n) is 7.71. The Morgan fingerprint density at radius 2 is 2.20 bits per heavy atom. The number of rotatable bonds is 6. The van der Waals surface area contributed by atoms with Crippen LogP contribution in [0.3, 0.4) is 0 Å². The monoisotopic (exact) mass is 278 g/mol. The van der Waals surface area contributed by atoms with Crippen molar-refractivity contribution in [1.29, 1.82) is 0 Å². The minimum atomic E-state index is -0.434. The minimum Gasteiger partial charge on any atom is -0.491 e. The van der Waals surface area contributed by atoms with Crippen molar-refractivity contribution in [2.24, 2.45) is 0 Å². The molecule has 2 unspecified atom stereocenters. The minimum absolute atomic E-state index is 0.151. The van der Waals surface area contributed by atoms with E-state index >= 15 is 0 Å². The van der Waals surface area contributed by atoms with E-state index in [1.165, 1.54) is 12.8 Å². The predicted molar refractivity (Wildman–Crippen MR) is 80.0 cm³/mol. The maximum atomic E-state index is 10.3. The third-order valence-corrected chi connectivity index (χ3v) is 3.65. The van der Waals surface area contributed by atoms with Gasteiger partial charge in [-0.25, -0.2) is 0 Å². The topological polar surface area (TPSA) is 38.7 Å². The van der Waals surface area contributed by atoms with Crippen LogP contribution in [-0.2, 0) is 4.74 Å². The molecular formula is C17H26O3. The summed E-state index contributed by atoms with van der Waals surface area (Å²) < 4.78 is 11.4. The van der Waals surface area contributed by atoms with Gasteiger partial charge in [-0.15, -0.1) is 0 Å². The van der Waals surface area contributed by atoms with Crippen molar-refractivity contribution in [2.45, 2.75) is 64.3 Å². The van der Waals surface area contributed by atoms with Gasteiger partial charge in [-0.05, 0) is 63.6 Å². The smallest absolute Gasteiger partial charge is 0.120 e. The summed E-state index contributed by atoms with van der Waals surface area (Å²) >= 11 is 0. The molecule has 0 aliphatic carbocycles. The summed E-state index contributed by atoms with van der Waals surface area (Å²) in [7, 11) is 0. The molecule has 1 N–H and O–H groups in total. The van der Waals surface area contributed by atoms with E-state index in [4.69, 9.17) is 9.47 Å². The number of aliphatic hydroxyl groups is 1. The number of ether oxygens (including phenoxy) is 2. The van der Waals surface area contributed by atoms with Crippen LogP contribution in [0.15, 0.2) is 24.3 Å². The van der Waals surface area contributed by atoms with E-state index < -0.39 is 6.10 Å². The third kappa shape index (κ3) is 4.80. The maximum Gasteiger partial charge on any atom is 0.120 e. The molecular weight excluding hydrogens is 252 g/mol. The Morgan fingerprint density at radius 1 is 1.35 bits per heavy atom. The molecule has 0 amide bonds. The van der Waals surface area contributed by atoms with Crippen molar-refractivity contribution < 1.29 is 14.6 Å². The average molecular weight is 278 g/mol. The standard InChI is InChI=1S/C17H26O3/c1-13(2)20-16-8-5-6-14(12-16)17(18)10-9-15-7-3-4-11-19-15/h5-6,8,12-13,15,17-18H,3-4,7,9-11H2,1-2H3. The molecule has 1 aromatic rings. The zero-order valence-corrected chi connectivity index (χ0v) is 12.5. The highest BCUT2D eigenvalue weighted by Crippen LogP contribution is 2.26. The van der Waals surface area contributed by atoms with Crippen molar-refractivity contribution >= 4 is 0 Å². The Labute approximate surface area is 121 Å². The van der Waals surface area contributed by atoms with Crippen LogP contribution in [0.25, 0.3) is 0 Å². The van der Waals surface area contributed by atoms with Gasteiger partial charge in [-0.1, -0.05) is 12.1 Å². The van der Waals surface area contributed by atoms with E-state index in [-0.39, 0.29) is 6.10 Å². The van der Waals surface area contributed by atoms with Crippen LogP contribution in [0, 0.1) is 0 Å². The lowest BCUT2D eigenvalue weighted by molar-refractivity contribution is 0.00212. The second-order valence-electron chi connectivity index (χ2n) is 5.82. The van der Waals surface area contributed by atoms with Crippen LogP contribution in [0.4, 0.5) is 0 Å². The summed E-state index contributed by atoms with van der Waals surface area (Å²) in [5.41, 5.74) is 0.930. The molecule has 112 valence electrons. The first-order chi connectivity index (χ1) is 9.65. The second-order valence-corrected chi connectivity index (χ2v) is 5.82. The van der Waals surface area contributed by atoms with Crippen LogP contribution in [0.1, 0.15) is 57.6 Å². The first kappa shape index (κ1) is 15.3. The summed E-state index contributed by atoms with van der Waals surface area (Å²) in [5.74, 6) is 0.825. The fourth-order valence-corrected chi connectivity index (χ4v) is 2.61. The summed E-state index contributed by atoms with van der Waals surface area (Å²) in [5, 5.41) is 10.3. The highest BCUT2D eigenvalue weighted by molar-refractivity contribution is 5.30. The molecule has 0 bridgehead atoms. The van der Waals surface area contributed by atoms with Crippen molar-refractivity contribution in [2.75, 3.05) is 6.61 Å². The molecule has 0 saturated carbocycles. The lowest BCUT2D eigenvalue weighted by Gasteiger charge is -2.23. The van der Waals surface area contributed by atoms with E-state index in [9.17, 15) is 5.11 Å². The van der Waals surface area contributed by atoms with E-state index in [0.29, 0.717) is 6.10 Å². The van der Waals surface area contributed by atoms with Crippen LogP contribution < -0.4 is 4.74 Å². The van der Waals surface area contributed by atoms with Gasteiger partial charge in [0.15, 0.2) is 0 Å². The van der Waals surface area contributed by atoms with Gasteiger partial charge in [-0.3, -0.25) is 0 Å². The third-order valence-electron chi connectivity index (χ3n) is 3.65. The fraction of sp³-hybridized carbons (Fsp3) is 0.647. The van der Waals surface area contributed by atoms with E-state index in [1.807, 2.05) is 38.1 Å². The Morgan fingerprint density at radius 3 is 2.90 bits per heavy atom. The molecule has 1 fully saturated rings. The van der Waals surface area contributed by atoms with E-state index in [1.54, 1.807) is 0 Å². The Kier molecular flexibility index (Phi) is 5.86. The van der Waals surface area contributed by atoms with Crippen LogP contribution in [-0.4, -0.2) is 23.9 Å². The Balaban J connectivity index is 1.86. The van der Waals surface area contributed by atoms with Gasteiger partial charge in [0.25, 0.3) is 0 Å². The lowest BCUT2D eigenvalue weighted by atomic mass is 9.99. The highest BCUT2D eigenvalue weighted by atomic mass is 16.5. The summed E-state index contributed by atoms with van der Waals surface area (Å²) in [6, 6.07) is 7.76. The van der Waals surface area contributed by atoms with Gasteiger partial charge < -0.3 is 14.6 Å². The SMILES string of the molecule is CC(C)Oc1cccc(C(O)CCC2CCCCO2)c1. The summed E-state index contributed by atoms with van der Waals surface area (Å²) in [4.78, 5) is 0. The van der Waals surface area contributed by atoms with Crippen molar-refractivity contribution in [3.63, 3.8) is 0 Å². The first-order valence-corrected chi connectivity index (χ1v) is 7.71. The molecule has 20 heavy (non-hydrogen) atoms. The van der Waals surface area contributed by atoms with Crippen molar-refractivity contribution in [3.05, 3.63) is 29.8 Å². The quantitative estimate of drug-likeness (QED) is 0.859. The van der Waals surface area contributed by atoms with Crippen LogP contribution >= 0.6 is 0 Å². The zero-order valence-electron chi connectivity index (χ0n) is 12.5. The number of hydrogen-bond donors (Lipinski definition) is 1. The molecule has 2 atom stereocenters. The summed E-state index contributed by atoms with van der Waals surface area (Å²) in [6.07, 6.45) is 5.27. The molecule has 3 heteroatoms. The van der Waals surface area contributed by atoms with Gasteiger partial charge in [-0.2, -0.15) is 0 Å². The number of aliphatic hydroxyl groups excluding tert-OH is 1. The molecule has 1 aliphatic rings. The molecule has 1 aromatic carbocycles. The number of benzene rings is 1. The Bertz CT molecular complexity index is 397.